The number of phenolic OH excluding ortho intramolecular Hbond substituents is 1. The lowest BCUT2D eigenvalue weighted by molar-refractivity contribution is -0.150. The topological polar surface area (TPSA) is 122 Å². The molecule has 0 aliphatic rings. The standard InChI is InChI=1S/C13H18N2O5/c1-20-13(19)11(17)7-15-12(18)10(14)6-8-2-4-9(16)5-3-8/h2-5,10-11,16-17H,6-7,14H2,1H3,(H,15,18)/t10-,11?/m0/s1. The van der Waals surface area contributed by atoms with Crippen molar-refractivity contribution < 1.29 is 24.5 Å². The van der Waals surface area contributed by atoms with E-state index in [1.807, 2.05) is 0 Å². The van der Waals surface area contributed by atoms with E-state index >= 15 is 0 Å². The van der Waals surface area contributed by atoms with Crippen molar-refractivity contribution in [2.24, 2.45) is 5.73 Å². The number of phenols is 1. The maximum atomic E-state index is 11.7. The Kier molecular flexibility index (Phi) is 5.95. The Morgan fingerprint density at radius 2 is 1.95 bits per heavy atom. The number of hydrogen-bond acceptors (Lipinski definition) is 6. The minimum absolute atomic E-state index is 0.132. The molecule has 0 heterocycles. The van der Waals surface area contributed by atoms with Gasteiger partial charge in [0, 0.05) is 0 Å². The molecule has 0 aliphatic heterocycles. The number of methoxy groups -OCH3 is 1. The molecule has 1 rings (SSSR count). The molecule has 1 unspecified atom stereocenters. The Morgan fingerprint density at radius 1 is 1.35 bits per heavy atom. The van der Waals surface area contributed by atoms with E-state index < -0.39 is 24.0 Å². The first-order valence-electron chi connectivity index (χ1n) is 6.01. The maximum Gasteiger partial charge on any atom is 0.336 e. The van der Waals surface area contributed by atoms with Gasteiger partial charge in [0.25, 0.3) is 0 Å². The van der Waals surface area contributed by atoms with E-state index in [1.165, 1.54) is 12.1 Å². The van der Waals surface area contributed by atoms with E-state index in [9.17, 15) is 14.7 Å². The normalized spacial score (nSPS) is 13.3. The molecule has 0 aromatic heterocycles. The molecule has 2 atom stereocenters. The Hall–Kier alpha value is -2.12. The molecule has 0 spiro atoms. The number of nitrogens with one attached hydrogen (secondary N) is 1. The van der Waals surface area contributed by atoms with Crippen molar-refractivity contribution >= 4 is 11.9 Å². The van der Waals surface area contributed by atoms with Crippen LogP contribution in [0.15, 0.2) is 24.3 Å². The number of aliphatic hydroxyl groups is 1. The van der Waals surface area contributed by atoms with Gasteiger partial charge in [0.2, 0.25) is 5.91 Å². The van der Waals surface area contributed by atoms with Gasteiger partial charge in [0.1, 0.15) is 5.75 Å². The molecular formula is C13H18N2O5. The Balaban J connectivity index is 2.43. The highest BCUT2D eigenvalue weighted by atomic mass is 16.5. The number of benzene rings is 1. The number of ether oxygens (including phenoxy) is 1. The smallest absolute Gasteiger partial charge is 0.336 e. The molecule has 110 valence electrons. The van der Waals surface area contributed by atoms with Crippen LogP contribution < -0.4 is 11.1 Å². The number of nitrogens with two attached hydrogens (primary N) is 1. The molecule has 0 bridgehead atoms. The van der Waals surface area contributed by atoms with Crippen LogP contribution in [-0.4, -0.2) is 47.9 Å². The highest BCUT2D eigenvalue weighted by Gasteiger charge is 2.19. The molecule has 1 aromatic carbocycles. The van der Waals surface area contributed by atoms with Gasteiger partial charge in [-0.2, -0.15) is 0 Å². The average molecular weight is 282 g/mol. The number of esters is 1. The summed E-state index contributed by atoms with van der Waals surface area (Å²) in [6, 6.07) is 5.50. The third-order valence-electron chi connectivity index (χ3n) is 2.67. The molecule has 0 radical (unpaired) electrons. The Morgan fingerprint density at radius 3 is 2.50 bits per heavy atom. The van der Waals surface area contributed by atoms with Crippen molar-refractivity contribution in [3.8, 4) is 5.75 Å². The number of aromatic hydroxyl groups is 1. The van der Waals surface area contributed by atoms with Crippen LogP contribution in [-0.2, 0) is 20.7 Å². The summed E-state index contributed by atoms with van der Waals surface area (Å²) in [7, 11) is 1.14. The average Bonchev–Trinajstić information content (AvgIpc) is 2.45. The first-order chi connectivity index (χ1) is 9.43. The van der Waals surface area contributed by atoms with Crippen molar-refractivity contribution in [3.63, 3.8) is 0 Å². The van der Waals surface area contributed by atoms with E-state index in [4.69, 9.17) is 10.8 Å². The SMILES string of the molecule is COC(=O)C(O)CNC(=O)[C@@H](N)Cc1ccc(O)cc1. The zero-order valence-corrected chi connectivity index (χ0v) is 11.1. The third-order valence-corrected chi connectivity index (χ3v) is 2.67. The van der Waals surface area contributed by atoms with Gasteiger partial charge >= 0.3 is 5.97 Å². The van der Waals surface area contributed by atoms with E-state index in [2.05, 4.69) is 10.1 Å². The molecule has 0 fully saturated rings. The van der Waals surface area contributed by atoms with Crippen LogP contribution in [0.5, 0.6) is 5.75 Å². The monoisotopic (exact) mass is 282 g/mol. The van der Waals surface area contributed by atoms with Crippen LogP contribution in [0.1, 0.15) is 5.56 Å². The van der Waals surface area contributed by atoms with Crippen LogP contribution in [0.2, 0.25) is 0 Å². The minimum atomic E-state index is -1.41. The lowest BCUT2D eigenvalue weighted by atomic mass is 10.1. The minimum Gasteiger partial charge on any atom is -0.508 e. The molecule has 5 N–H and O–H groups in total. The summed E-state index contributed by atoms with van der Waals surface area (Å²) >= 11 is 0. The molecule has 7 nitrogen and oxygen atoms in total. The van der Waals surface area contributed by atoms with Crippen molar-refractivity contribution in [1.29, 1.82) is 0 Å². The highest BCUT2D eigenvalue weighted by Crippen LogP contribution is 2.10. The van der Waals surface area contributed by atoms with E-state index in [1.54, 1.807) is 12.1 Å². The summed E-state index contributed by atoms with van der Waals surface area (Å²) in [4.78, 5) is 22.6. The molecule has 0 aliphatic carbocycles. The van der Waals surface area contributed by atoms with Crippen LogP contribution >= 0.6 is 0 Å². The van der Waals surface area contributed by atoms with Crippen molar-refractivity contribution in [1.82, 2.24) is 5.32 Å². The first kappa shape index (κ1) is 15.9. The lowest BCUT2D eigenvalue weighted by Gasteiger charge is -2.14. The maximum absolute atomic E-state index is 11.7. The molecule has 1 amide bonds. The molecule has 0 saturated heterocycles. The molecule has 0 saturated carbocycles. The summed E-state index contributed by atoms with van der Waals surface area (Å²) in [5.74, 6) is -1.17. The van der Waals surface area contributed by atoms with E-state index in [0.29, 0.717) is 0 Å². The molecule has 1 aromatic rings. The van der Waals surface area contributed by atoms with Gasteiger partial charge in [-0.05, 0) is 24.1 Å². The fourth-order valence-electron chi connectivity index (χ4n) is 1.53. The number of rotatable bonds is 6. The number of hydrogen-bond donors (Lipinski definition) is 4. The first-order valence-corrected chi connectivity index (χ1v) is 6.01. The van der Waals surface area contributed by atoms with Crippen molar-refractivity contribution in [3.05, 3.63) is 29.8 Å². The van der Waals surface area contributed by atoms with Gasteiger partial charge in [-0.15, -0.1) is 0 Å². The summed E-state index contributed by atoms with van der Waals surface area (Å²) in [5, 5.41) is 20.8. The number of carbonyl (C=O) groups is 2. The summed E-state index contributed by atoms with van der Waals surface area (Å²) in [5.41, 5.74) is 6.50. The van der Waals surface area contributed by atoms with Crippen molar-refractivity contribution in [2.75, 3.05) is 13.7 Å². The van der Waals surface area contributed by atoms with E-state index in [0.717, 1.165) is 12.7 Å². The zero-order chi connectivity index (χ0) is 15.1. The predicted molar refractivity (Wildman–Crippen MR) is 70.8 cm³/mol. The fraction of sp³-hybridized carbons (Fsp3) is 0.385. The quantitative estimate of drug-likeness (QED) is 0.492. The van der Waals surface area contributed by atoms with Crippen LogP contribution in [0.4, 0.5) is 0 Å². The zero-order valence-electron chi connectivity index (χ0n) is 11.1. The summed E-state index contributed by atoms with van der Waals surface area (Å²) in [6.07, 6.45) is -1.13. The summed E-state index contributed by atoms with van der Waals surface area (Å²) < 4.78 is 4.32. The van der Waals surface area contributed by atoms with Crippen LogP contribution in [0, 0.1) is 0 Å². The Labute approximate surface area is 116 Å². The number of amides is 1. The molecular weight excluding hydrogens is 264 g/mol. The van der Waals surface area contributed by atoms with Gasteiger partial charge < -0.3 is 26.0 Å². The largest absolute Gasteiger partial charge is 0.508 e. The van der Waals surface area contributed by atoms with Gasteiger partial charge in [0.05, 0.1) is 19.7 Å². The second-order valence-electron chi connectivity index (χ2n) is 4.26. The van der Waals surface area contributed by atoms with Crippen LogP contribution in [0.25, 0.3) is 0 Å². The Bertz CT molecular complexity index is 460. The summed E-state index contributed by atoms with van der Waals surface area (Å²) in [6.45, 7) is -0.255. The van der Waals surface area contributed by atoms with Crippen molar-refractivity contribution in [2.45, 2.75) is 18.6 Å². The number of carbonyl (C=O) groups excluding carboxylic acids is 2. The second-order valence-corrected chi connectivity index (χ2v) is 4.26. The fourth-order valence-corrected chi connectivity index (χ4v) is 1.53. The molecule has 7 heteroatoms. The second kappa shape index (κ2) is 7.46. The third kappa shape index (κ3) is 4.87. The van der Waals surface area contributed by atoms with Gasteiger partial charge in [-0.1, -0.05) is 12.1 Å². The molecule has 20 heavy (non-hydrogen) atoms. The predicted octanol–water partition coefficient (Wildman–Crippen LogP) is -1.09. The van der Waals surface area contributed by atoms with Gasteiger partial charge in [-0.25, -0.2) is 4.79 Å². The number of aliphatic hydroxyl groups excluding tert-OH is 1. The highest BCUT2D eigenvalue weighted by molar-refractivity contribution is 5.83. The van der Waals surface area contributed by atoms with Gasteiger partial charge in [-0.3, -0.25) is 4.79 Å². The van der Waals surface area contributed by atoms with Gasteiger partial charge in [0.15, 0.2) is 6.10 Å². The van der Waals surface area contributed by atoms with Crippen LogP contribution in [0.3, 0.4) is 0 Å². The lowest BCUT2D eigenvalue weighted by Crippen LogP contribution is -2.46. The van der Waals surface area contributed by atoms with E-state index in [-0.39, 0.29) is 18.7 Å².